The second kappa shape index (κ2) is 5.74. The van der Waals surface area contributed by atoms with Gasteiger partial charge >= 0.3 is 6.03 Å². The Balaban J connectivity index is 2.77. The van der Waals surface area contributed by atoms with E-state index in [4.69, 9.17) is 10.2 Å². The van der Waals surface area contributed by atoms with Gasteiger partial charge in [0.1, 0.15) is 17.3 Å². The molecule has 5 nitrogen and oxygen atoms in total. The molecule has 0 aromatic heterocycles. The van der Waals surface area contributed by atoms with E-state index in [1.807, 2.05) is 5.32 Å². The number of benzene rings is 1. The topological polar surface area (TPSA) is 81.6 Å². The summed E-state index contributed by atoms with van der Waals surface area (Å²) in [6, 6.07) is 2.23. The van der Waals surface area contributed by atoms with Crippen LogP contribution in [0.15, 0.2) is 18.2 Å². The van der Waals surface area contributed by atoms with Gasteiger partial charge in [-0.15, -0.1) is 0 Å². The SMILES string of the molecule is CC(CO)(CO)NC(=O)Nc1c(F)cccc1F. The molecule has 1 aromatic rings. The number of anilines is 1. The highest BCUT2D eigenvalue weighted by atomic mass is 19.1. The zero-order valence-corrected chi connectivity index (χ0v) is 9.70. The molecule has 0 aliphatic carbocycles. The monoisotopic (exact) mass is 260 g/mol. The van der Waals surface area contributed by atoms with Crippen LogP contribution in [0.1, 0.15) is 6.92 Å². The van der Waals surface area contributed by atoms with E-state index in [9.17, 15) is 13.6 Å². The van der Waals surface area contributed by atoms with Gasteiger partial charge in [-0.2, -0.15) is 0 Å². The number of hydrogen-bond donors (Lipinski definition) is 4. The molecule has 0 saturated heterocycles. The molecule has 4 N–H and O–H groups in total. The van der Waals surface area contributed by atoms with Crippen LogP contribution in [0.2, 0.25) is 0 Å². The Morgan fingerprint density at radius 2 is 1.78 bits per heavy atom. The zero-order valence-electron chi connectivity index (χ0n) is 9.70. The molecule has 18 heavy (non-hydrogen) atoms. The third-order valence-electron chi connectivity index (χ3n) is 2.31. The third-order valence-corrected chi connectivity index (χ3v) is 2.31. The van der Waals surface area contributed by atoms with Gasteiger partial charge in [0.2, 0.25) is 0 Å². The average Bonchev–Trinajstić information content (AvgIpc) is 2.34. The van der Waals surface area contributed by atoms with Crippen molar-refractivity contribution in [3.05, 3.63) is 29.8 Å². The van der Waals surface area contributed by atoms with Gasteiger partial charge in [-0.05, 0) is 19.1 Å². The number of nitrogens with one attached hydrogen (secondary N) is 2. The zero-order chi connectivity index (χ0) is 13.8. The van der Waals surface area contributed by atoms with E-state index in [0.29, 0.717) is 0 Å². The number of aliphatic hydroxyl groups is 2. The molecule has 1 aromatic carbocycles. The fraction of sp³-hybridized carbons (Fsp3) is 0.364. The first kappa shape index (κ1) is 14.3. The van der Waals surface area contributed by atoms with Crippen LogP contribution in [-0.2, 0) is 0 Å². The van der Waals surface area contributed by atoms with Crippen molar-refractivity contribution in [3.63, 3.8) is 0 Å². The maximum atomic E-state index is 13.2. The summed E-state index contributed by atoms with van der Waals surface area (Å²) < 4.78 is 26.5. The molecule has 0 aliphatic rings. The predicted octanol–water partition coefficient (Wildman–Crippen LogP) is 0.830. The van der Waals surface area contributed by atoms with E-state index in [1.54, 1.807) is 0 Å². The lowest BCUT2D eigenvalue weighted by Crippen LogP contribution is -2.53. The van der Waals surface area contributed by atoms with Gasteiger partial charge in [0.25, 0.3) is 0 Å². The van der Waals surface area contributed by atoms with Gasteiger partial charge < -0.3 is 20.8 Å². The number of urea groups is 1. The van der Waals surface area contributed by atoms with Crippen LogP contribution in [0.4, 0.5) is 19.3 Å². The minimum atomic E-state index is -1.27. The molecular formula is C11H14F2N2O3. The quantitative estimate of drug-likeness (QED) is 0.647. The number of rotatable bonds is 4. The van der Waals surface area contributed by atoms with Crippen LogP contribution in [0.25, 0.3) is 0 Å². The summed E-state index contributed by atoms with van der Waals surface area (Å²) in [4.78, 5) is 11.5. The molecule has 0 unspecified atom stereocenters. The van der Waals surface area contributed by atoms with Gasteiger partial charge in [-0.1, -0.05) is 6.07 Å². The van der Waals surface area contributed by atoms with Crippen molar-refractivity contribution in [2.24, 2.45) is 0 Å². The number of aliphatic hydroxyl groups excluding tert-OH is 2. The van der Waals surface area contributed by atoms with E-state index in [2.05, 4.69) is 5.32 Å². The first-order valence-electron chi connectivity index (χ1n) is 5.17. The summed E-state index contributed by atoms with van der Waals surface area (Å²) >= 11 is 0. The Morgan fingerprint density at radius 3 is 2.22 bits per heavy atom. The van der Waals surface area contributed by atoms with Crippen molar-refractivity contribution in [1.29, 1.82) is 0 Å². The van der Waals surface area contributed by atoms with Crippen molar-refractivity contribution < 1.29 is 23.8 Å². The fourth-order valence-electron chi connectivity index (χ4n) is 1.17. The molecule has 0 heterocycles. The molecule has 0 spiro atoms. The number of amides is 2. The van der Waals surface area contributed by atoms with Crippen molar-refractivity contribution in [2.75, 3.05) is 18.5 Å². The van der Waals surface area contributed by atoms with Gasteiger partial charge in [0, 0.05) is 0 Å². The summed E-state index contributed by atoms with van der Waals surface area (Å²) in [5.74, 6) is -1.83. The average molecular weight is 260 g/mol. The van der Waals surface area contributed by atoms with E-state index < -0.39 is 42.1 Å². The maximum Gasteiger partial charge on any atom is 0.319 e. The Labute approximate surface area is 102 Å². The van der Waals surface area contributed by atoms with Crippen molar-refractivity contribution >= 4 is 11.7 Å². The first-order chi connectivity index (χ1) is 8.41. The molecule has 0 saturated carbocycles. The molecule has 1 rings (SSSR count). The summed E-state index contributed by atoms with van der Waals surface area (Å²) in [7, 11) is 0. The second-order valence-corrected chi connectivity index (χ2v) is 4.05. The summed E-state index contributed by atoms with van der Waals surface area (Å²) in [5, 5.41) is 22.1. The van der Waals surface area contributed by atoms with Crippen LogP contribution >= 0.6 is 0 Å². The lowest BCUT2D eigenvalue weighted by atomic mass is 10.1. The number of carbonyl (C=O) groups is 1. The number of para-hydroxylation sites is 1. The van der Waals surface area contributed by atoms with Crippen LogP contribution in [0.5, 0.6) is 0 Å². The maximum absolute atomic E-state index is 13.2. The van der Waals surface area contributed by atoms with Crippen LogP contribution in [0, 0.1) is 11.6 Å². The Kier molecular flexibility index (Phi) is 4.57. The number of halogens is 2. The van der Waals surface area contributed by atoms with Crippen molar-refractivity contribution in [3.8, 4) is 0 Å². The first-order valence-corrected chi connectivity index (χ1v) is 5.17. The smallest absolute Gasteiger partial charge is 0.319 e. The molecule has 2 amide bonds. The fourth-order valence-corrected chi connectivity index (χ4v) is 1.17. The van der Waals surface area contributed by atoms with Crippen molar-refractivity contribution in [2.45, 2.75) is 12.5 Å². The van der Waals surface area contributed by atoms with E-state index in [0.717, 1.165) is 12.1 Å². The molecule has 0 atom stereocenters. The highest BCUT2D eigenvalue weighted by molar-refractivity contribution is 5.90. The van der Waals surface area contributed by atoms with E-state index in [-0.39, 0.29) is 0 Å². The summed E-state index contributed by atoms with van der Waals surface area (Å²) in [5.41, 5.74) is -1.86. The Hall–Kier alpha value is -1.73. The molecular weight excluding hydrogens is 246 g/mol. The molecule has 7 heteroatoms. The normalized spacial score (nSPS) is 11.2. The molecule has 0 aliphatic heterocycles. The summed E-state index contributed by atoms with van der Waals surface area (Å²) in [6.45, 7) is 0.345. The van der Waals surface area contributed by atoms with Crippen molar-refractivity contribution in [1.82, 2.24) is 5.32 Å². The number of hydrogen-bond acceptors (Lipinski definition) is 3. The highest BCUT2D eigenvalue weighted by Crippen LogP contribution is 2.17. The Morgan fingerprint density at radius 1 is 1.28 bits per heavy atom. The van der Waals surface area contributed by atoms with Gasteiger partial charge in [0.05, 0.1) is 18.8 Å². The van der Waals surface area contributed by atoms with Crippen LogP contribution in [-0.4, -0.2) is 35.0 Å². The van der Waals surface area contributed by atoms with Gasteiger partial charge in [0.15, 0.2) is 0 Å². The minimum absolute atomic E-state index is 0.517. The van der Waals surface area contributed by atoms with E-state index in [1.165, 1.54) is 13.0 Å². The predicted molar refractivity (Wildman–Crippen MR) is 61.1 cm³/mol. The molecule has 0 bridgehead atoms. The largest absolute Gasteiger partial charge is 0.394 e. The minimum Gasteiger partial charge on any atom is -0.394 e. The van der Waals surface area contributed by atoms with Gasteiger partial charge in [-0.25, -0.2) is 13.6 Å². The second-order valence-electron chi connectivity index (χ2n) is 4.05. The number of carbonyl (C=O) groups excluding carboxylic acids is 1. The third kappa shape index (κ3) is 3.38. The van der Waals surface area contributed by atoms with Gasteiger partial charge in [-0.3, -0.25) is 0 Å². The molecule has 100 valence electrons. The van der Waals surface area contributed by atoms with E-state index >= 15 is 0 Å². The van der Waals surface area contributed by atoms with Crippen LogP contribution < -0.4 is 10.6 Å². The lowest BCUT2D eigenvalue weighted by Gasteiger charge is -2.26. The summed E-state index contributed by atoms with van der Waals surface area (Å²) in [6.07, 6.45) is 0. The lowest BCUT2D eigenvalue weighted by molar-refractivity contribution is 0.111. The molecule has 0 radical (unpaired) electrons. The highest BCUT2D eigenvalue weighted by Gasteiger charge is 2.25. The standard InChI is InChI=1S/C11H14F2N2O3/c1-11(5-16,6-17)15-10(18)14-9-7(12)3-2-4-8(9)13/h2-4,16-17H,5-6H2,1H3,(H2,14,15,18). The Bertz CT molecular complexity index is 416. The van der Waals surface area contributed by atoms with Crippen LogP contribution in [0.3, 0.4) is 0 Å². The molecule has 0 fully saturated rings.